The number of nitrogens with zero attached hydrogens (tertiary/aromatic N) is 2. The van der Waals surface area contributed by atoms with Crippen LogP contribution in [-0.2, 0) is 9.47 Å². The molecule has 8 heteroatoms. The van der Waals surface area contributed by atoms with E-state index in [1.165, 1.54) is 6.33 Å². The zero-order valence-corrected chi connectivity index (χ0v) is 14.5. The van der Waals surface area contributed by atoms with Gasteiger partial charge in [0.1, 0.15) is 18.8 Å². The van der Waals surface area contributed by atoms with E-state index in [2.05, 4.69) is 36.5 Å². The molecule has 0 bridgehead atoms. The van der Waals surface area contributed by atoms with Gasteiger partial charge in [0, 0.05) is 21.2 Å². The van der Waals surface area contributed by atoms with Gasteiger partial charge in [-0.3, -0.25) is 5.32 Å². The van der Waals surface area contributed by atoms with E-state index in [0.29, 0.717) is 18.1 Å². The van der Waals surface area contributed by atoms with E-state index >= 15 is 0 Å². The number of ether oxygens (including phenoxy) is 2. The molecule has 1 saturated heterocycles. The topological polar surface area (TPSA) is 88.7 Å². The molecule has 1 unspecified atom stereocenters. The lowest BCUT2D eigenvalue weighted by molar-refractivity contribution is 0.104. The van der Waals surface area contributed by atoms with Gasteiger partial charge in [-0.25, -0.2) is 14.8 Å². The first-order chi connectivity index (χ1) is 12.2. The first kappa shape index (κ1) is 15.8. The molecular weight excluding hydrogens is 388 g/mol. The van der Waals surface area contributed by atoms with Gasteiger partial charge in [-0.05, 0) is 36.4 Å². The average Bonchev–Trinajstić information content (AvgIpc) is 3.39. The summed E-state index contributed by atoms with van der Waals surface area (Å²) >= 11 is 3.44. The third kappa shape index (κ3) is 3.86. The maximum atomic E-state index is 11.7. The van der Waals surface area contributed by atoms with Crippen LogP contribution in [0.5, 0.6) is 0 Å². The summed E-state index contributed by atoms with van der Waals surface area (Å²) in [4.78, 5) is 20.3. The Balaban J connectivity index is 1.62. The predicted molar refractivity (Wildman–Crippen MR) is 96.8 cm³/mol. The number of epoxide rings is 1. The van der Waals surface area contributed by atoms with Crippen LogP contribution in [0.4, 0.5) is 22.0 Å². The summed E-state index contributed by atoms with van der Waals surface area (Å²) in [6, 6.07) is 13.1. The molecule has 2 N–H and O–H groups in total. The minimum atomic E-state index is -0.555. The van der Waals surface area contributed by atoms with Crippen LogP contribution in [0.25, 0.3) is 10.9 Å². The molecule has 2 heterocycles. The SMILES string of the molecule is O=C(Nc1ccc2ncnc(Nc3cccc(Br)c3)c2c1)OC1CO1. The van der Waals surface area contributed by atoms with Gasteiger partial charge in [-0.15, -0.1) is 0 Å². The fourth-order valence-electron chi connectivity index (χ4n) is 2.31. The van der Waals surface area contributed by atoms with Gasteiger partial charge in [0.25, 0.3) is 0 Å². The molecule has 126 valence electrons. The second kappa shape index (κ2) is 6.66. The summed E-state index contributed by atoms with van der Waals surface area (Å²) in [5, 5.41) is 6.72. The third-order valence-corrected chi connectivity index (χ3v) is 4.00. The van der Waals surface area contributed by atoms with Crippen molar-refractivity contribution in [3.05, 3.63) is 53.3 Å². The molecule has 1 fully saturated rings. The van der Waals surface area contributed by atoms with Gasteiger partial charge in [0.15, 0.2) is 0 Å². The number of rotatable bonds is 4. The van der Waals surface area contributed by atoms with Crippen LogP contribution in [0.15, 0.2) is 53.3 Å². The Morgan fingerprint density at radius 3 is 2.88 bits per heavy atom. The number of benzene rings is 2. The Hall–Kier alpha value is -2.71. The predicted octanol–water partition coefficient (Wildman–Crippen LogP) is 4.04. The summed E-state index contributed by atoms with van der Waals surface area (Å²) in [5.41, 5.74) is 2.24. The molecule has 0 radical (unpaired) electrons. The lowest BCUT2D eigenvalue weighted by Gasteiger charge is -2.10. The smallest absolute Gasteiger partial charge is 0.414 e. The summed E-state index contributed by atoms with van der Waals surface area (Å²) < 4.78 is 10.8. The number of carbonyl (C=O) groups is 1. The molecule has 4 rings (SSSR count). The highest BCUT2D eigenvalue weighted by molar-refractivity contribution is 9.10. The highest BCUT2D eigenvalue weighted by Gasteiger charge is 2.27. The molecule has 0 spiro atoms. The van der Waals surface area contributed by atoms with E-state index < -0.39 is 12.4 Å². The van der Waals surface area contributed by atoms with Crippen molar-refractivity contribution in [1.82, 2.24) is 9.97 Å². The van der Waals surface area contributed by atoms with E-state index in [9.17, 15) is 4.79 Å². The number of hydrogen-bond donors (Lipinski definition) is 2. The van der Waals surface area contributed by atoms with Crippen molar-refractivity contribution in [2.24, 2.45) is 0 Å². The maximum absolute atomic E-state index is 11.7. The summed E-state index contributed by atoms with van der Waals surface area (Å²) in [6.07, 6.45) is 0.506. The van der Waals surface area contributed by atoms with Gasteiger partial charge < -0.3 is 14.8 Å². The lowest BCUT2D eigenvalue weighted by Crippen LogP contribution is -2.15. The van der Waals surface area contributed by atoms with Crippen molar-refractivity contribution in [2.45, 2.75) is 6.29 Å². The van der Waals surface area contributed by atoms with Gasteiger partial charge in [-0.2, -0.15) is 0 Å². The summed E-state index contributed by atoms with van der Waals surface area (Å²) in [6.45, 7) is 0.444. The first-order valence-electron chi connectivity index (χ1n) is 7.54. The molecule has 1 aromatic heterocycles. The molecule has 0 aliphatic carbocycles. The Bertz CT molecular complexity index is 946. The van der Waals surface area contributed by atoms with Crippen molar-refractivity contribution in [2.75, 3.05) is 17.2 Å². The Kier molecular flexibility index (Phi) is 4.21. The van der Waals surface area contributed by atoms with Crippen molar-refractivity contribution >= 4 is 50.1 Å². The highest BCUT2D eigenvalue weighted by Crippen LogP contribution is 2.27. The minimum Gasteiger partial charge on any atom is -0.417 e. The molecule has 25 heavy (non-hydrogen) atoms. The second-order valence-corrected chi connectivity index (χ2v) is 6.30. The number of aromatic nitrogens is 2. The number of hydrogen-bond acceptors (Lipinski definition) is 6. The quantitative estimate of drug-likeness (QED) is 0.642. The van der Waals surface area contributed by atoms with Crippen molar-refractivity contribution in [1.29, 1.82) is 0 Å². The minimum absolute atomic E-state index is 0.433. The average molecular weight is 401 g/mol. The van der Waals surface area contributed by atoms with Crippen LogP contribution in [0, 0.1) is 0 Å². The molecular formula is C17H13BrN4O3. The Morgan fingerprint density at radius 2 is 2.08 bits per heavy atom. The maximum Gasteiger partial charge on any atom is 0.414 e. The monoisotopic (exact) mass is 400 g/mol. The fourth-order valence-corrected chi connectivity index (χ4v) is 2.71. The van der Waals surface area contributed by atoms with Crippen LogP contribution in [0.3, 0.4) is 0 Å². The van der Waals surface area contributed by atoms with Crippen LogP contribution in [0.2, 0.25) is 0 Å². The van der Waals surface area contributed by atoms with E-state index in [1.807, 2.05) is 30.3 Å². The summed E-state index contributed by atoms with van der Waals surface area (Å²) in [7, 11) is 0. The highest BCUT2D eigenvalue weighted by atomic mass is 79.9. The normalized spacial score (nSPS) is 15.6. The van der Waals surface area contributed by atoms with Gasteiger partial charge >= 0.3 is 6.09 Å². The van der Waals surface area contributed by atoms with Crippen molar-refractivity contribution in [3.63, 3.8) is 0 Å². The second-order valence-electron chi connectivity index (χ2n) is 5.38. The molecule has 7 nitrogen and oxygen atoms in total. The number of carbonyl (C=O) groups excluding carboxylic acids is 1. The third-order valence-electron chi connectivity index (χ3n) is 3.51. The van der Waals surface area contributed by atoms with Crippen LogP contribution >= 0.6 is 15.9 Å². The van der Waals surface area contributed by atoms with E-state index in [-0.39, 0.29) is 0 Å². The van der Waals surface area contributed by atoms with Gasteiger partial charge in [-0.1, -0.05) is 22.0 Å². The molecule has 2 aromatic carbocycles. The zero-order chi connectivity index (χ0) is 17.2. The van der Waals surface area contributed by atoms with Crippen molar-refractivity contribution in [3.8, 4) is 0 Å². The molecule has 1 aliphatic heterocycles. The number of anilines is 3. The molecule has 0 saturated carbocycles. The Labute approximate surface area is 151 Å². The Morgan fingerprint density at radius 1 is 1.20 bits per heavy atom. The van der Waals surface area contributed by atoms with E-state index in [0.717, 1.165) is 21.1 Å². The molecule has 1 atom stereocenters. The largest absolute Gasteiger partial charge is 0.417 e. The van der Waals surface area contributed by atoms with E-state index in [4.69, 9.17) is 9.47 Å². The number of nitrogens with one attached hydrogen (secondary N) is 2. The van der Waals surface area contributed by atoms with Crippen molar-refractivity contribution < 1.29 is 14.3 Å². The van der Waals surface area contributed by atoms with Gasteiger partial charge in [0.05, 0.1) is 5.52 Å². The van der Waals surface area contributed by atoms with E-state index in [1.54, 1.807) is 12.1 Å². The lowest BCUT2D eigenvalue weighted by atomic mass is 10.2. The zero-order valence-electron chi connectivity index (χ0n) is 12.9. The van der Waals surface area contributed by atoms with Gasteiger partial charge in [0.2, 0.25) is 6.29 Å². The number of amides is 1. The molecule has 1 amide bonds. The summed E-state index contributed by atoms with van der Waals surface area (Å²) in [5.74, 6) is 0.644. The first-order valence-corrected chi connectivity index (χ1v) is 8.33. The molecule has 3 aromatic rings. The number of halogens is 1. The van der Waals surface area contributed by atoms with Crippen LogP contribution in [-0.4, -0.2) is 29.0 Å². The number of fused-ring (bicyclic) bond motifs is 1. The standard InChI is InChI=1S/C17H13BrN4O3/c18-10-2-1-3-11(6-10)21-16-13-7-12(4-5-14(13)19-9-20-16)22-17(23)25-15-8-24-15/h1-7,9,15H,8H2,(H,22,23)(H,19,20,21). The van der Waals surface area contributed by atoms with Crippen LogP contribution < -0.4 is 10.6 Å². The molecule has 1 aliphatic rings. The van der Waals surface area contributed by atoms with Crippen LogP contribution in [0.1, 0.15) is 0 Å². The fraction of sp³-hybridized carbons (Fsp3) is 0.118.